The maximum absolute atomic E-state index is 17.2. The number of aliphatic hydroxyl groups is 2. The third-order valence-electron chi connectivity index (χ3n) is 14.9. The van der Waals surface area contributed by atoms with Crippen molar-refractivity contribution < 1.29 is 24.6 Å². The predicted molar refractivity (Wildman–Crippen MR) is 257 cm³/mol. The lowest BCUT2D eigenvalue weighted by Crippen LogP contribution is -2.56. The van der Waals surface area contributed by atoms with Crippen LogP contribution in [-0.2, 0) is 4.79 Å². The van der Waals surface area contributed by atoms with Crippen LogP contribution in [0.2, 0.25) is 0 Å². The second-order valence-electron chi connectivity index (χ2n) is 18.8. The molecule has 4 aromatic rings. The Morgan fingerprint density at radius 2 is 0.922 bits per heavy atom. The topological polar surface area (TPSA) is 116 Å². The monoisotopic (exact) mass is 856 g/mol. The van der Waals surface area contributed by atoms with Crippen LogP contribution >= 0.6 is 0 Å². The summed E-state index contributed by atoms with van der Waals surface area (Å²) in [4.78, 5) is 47.7. The molecule has 2 saturated heterocycles. The van der Waals surface area contributed by atoms with Gasteiger partial charge in [-0.05, 0) is 161 Å². The molecule has 2 heterocycles. The Hall–Kier alpha value is -5.31. The molecular weight excluding hydrogens is 793 g/mol. The van der Waals surface area contributed by atoms with Gasteiger partial charge in [-0.1, -0.05) is 121 Å². The molecule has 0 radical (unpaired) electrons. The Morgan fingerprint density at radius 1 is 0.547 bits per heavy atom. The maximum Gasteiger partial charge on any atom is 0.193 e. The van der Waals surface area contributed by atoms with Gasteiger partial charge in [-0.3, -0.25) is 14.4 Å². The summed E-state index contributed by atoms with van der Waals surface area (Å²) >= 11 is 0. The fourth-order valence-electron chi connectivity index (χ4n) is 11.9. The average Bonchev–Trinajstić information content (AvgIpc) is 3.32. The molecule has 0 spiro atoms. The first-order valence-electron chi connectivity index (χ1n) is 23.5. The number of allylic oxidation sites excluding steroid dienone is 8. The minimum atomic E-state index is -1.39. The highest BCUT2D eigenvalue weighted by Gasteiger charge is 2.59. The standard InChI is InChI=1S/C57H64N2O5/c1-37-15-11-16-38(2)51(37)45-31-49(43-23-13-27-58-35-43)56(25-29-60,33-47(45)53(62)41-19-7-5-8-20-41)55(64)57(26-30-61)34-48(54(63)42-21-9-6-10-22-42)46(52-39(3)17-12-18-40(52)4)32-50(57)44-24-14-28-59-36-44/h5-12,15-22,31-34,43-44,49-50,58-61H,13-14,23-30,35-36H2,1-4H3. The zero-order valence-corrected chi connectivity index (χ0v) is 38.0. The van der Waals surface area contributed by atoms with E-state index in [2.05, 4.69) is 74.7 Å². The molecular formula is C57H64N2O5. The number of Topliss-reactive ketones (excluding diaryl/α,β-unsaturated/α-hetero) is 3. The molecule has 0 bridgehead atoms. The van der Waals surface area contributed by atoms with Crippen LogP contribution in [0.4, 0.5) is 0 Å². The highest BCUT2D eigenvalue weighted by Crippen LogP contribution is 2.58. The normalized spacial score (nSPS) is 26.0. The minimum Gasteiger partial charge on any atom is -0.396 e. The number of piperidine rings is 2. The van der Waals surface area contributed by atoms with Gasteiger partial charge in [0.05, 0.1) is 10.8 Å². The van der Waals surface area contributed by atoms with Crippen LogP contribution in [0.1, 0.15) is 92.6 Å². The lowest BCUT2D eigenvalue weighted by Gasteiger charge is -2.52. The second-order valence-corrected chi connectivity index (χ2v) is 18.8. The Balaban J connectivity index is 1.45. The van der Waals surface area contributed by atoms with Gasteiger partial charge in [0.1, 0.15) is 0 Å². The second kappa shape index (κ2) is 19.4. The van der Waals surface area contributed by atoms with Gasteiger partial charge in [-0.2, -0.15) is 0 Å². The van der Waals surface area contributed by atoms with Gasteiger partial charge in [0.25, 0.3) is 0 Å². The van der Waals surface area contributed by atoms with E-state index < -0.39 is 22.7 Å². The first kappa shape index (κ1) is 45.3. The third kappa shape index (κ3) is 8.40. The first-order chi connectivity index (χ1) is 31.0. The van der Waals surface area contributed by atoms with E-state index in [-0.39, 0.29) is 55.2 Å². The van der Waals surface area contributed by atoms with Crippen molar-refractivity contribution in [1.29, 1.82) is 0 Å². The smallest absolute Gasteiger partial charge is 0.193 e. The summed E-state index contributed by atoms with van der Waals surface area (Å²) in [6, 6.07) is 30.9. The summed E-state index contributed by atoms with van der Waals surface area (Å²) in [5.41, 5.74) is 6.81. The van der Waals surface area contributed by atoms with Crippen LogP contribution in [0, 0.1) is 62.2 Å². The Bertz CT molecular complexity index is 2290. The van der Waals surface area contributed by atoms with E-state index in [4.69, 9.17) is 0 Å². The van der Waals surface area contributed by atoms with Crippen molar-refractivity contribution in [2.24, 2.45) is 34.5 Å². The zero-order valence-electron chi connectivity index (χ0n) is 38.0. The molecule has 2 fully saturated rings. The van der Waals surface area contributed by atoms with Crippen molar-refractivity contribution in [2.75, 3.05) is 39.4 Å². The summed E-state index contributed by atoms with van der Waals surface area (Å²) in [5.74, 6) is -1.39. The molecule has 7 heteroatoms. The van der Waals surface area contributed by atoms with E-state index in [0.29, 0.717) is 35.4 Å². The van der Waals surface area contributed by atoms with E-state index in [9.17, 15) is 10.2 Å². The molecule has 7 nitrogen and oxygen atoms in total. The van der Waals surface area contributed by atoms with Crippen molar-refractivity contribution >= 4 is 28.5 Å². The third-order valence-corrected chi connectivity index (χ3v) is 14.9. The molecule has 4 aliphatic rings. The van der Waals surface area contributed by atoms with Crippen molar-refractivity contribution in [3.8, 4) is 0 Å². The molecule has 0 saturated carbocycles. The Labute approximate surface area is 379 Å². The summed E-state index contributed by atoms with van der Waals surface area (Å²) in [5, 5.41) is 30.0. The van der Waals surface area contributed by atoms with Crippen molar-refractivity contribution in [1.82, 2.24) is 10.6 Å². The van der Waals surface area contributed by atoms with Gasteiger partial charge in [0, 0.05) is 35.5 Å². The van der Waals surface area contributed by atoms with E-state index in [1.54, 1.807) is 0 Å². The highest BCUT2D eigenvalue weighted by atomic mass is 16.3. The molecule has 4 aromatic carbocycles. The van der Waals surface area contributed by atoms with Crippen LogP contribution in [-0.4, -0.2) is 67.0 Å². The number of hydrogen-bond acceptors (Lipinski definition) is 7. The largest absolute Gasteiger partial charge is 0.396 e. The van der Waals surface area contributed by atoms with Crippen molar-refractivity contribution in [2.45, 2.75) is 66.2 Å². The number of ketones is 3. The summed E-state index contributed by atoms with van der Waals surface area (Å²) in [6.07, 6.45) is 12.0. The van der Waals surface area contributed by atoms with E-state index >= 15 is 14.4 Å². The number of hydrogen-bond donors (Lipinski definition) is 4. The Kier molecular flexibility index (Phi) is 13.7. The average molecular weight is 857 g/mol. The number of aryl methyl sites for hydroxylation is 4. The van der Waals surface area contributed by atoms with Crippen LogP contribution in [0.25, 0.3) is 11.1 Å². The van der Waals surface area contributed by atoms with Crippen molar-refractivity contribution in [3.63, 3.8) is 0 Å². The fraction of sp³-hybridized carbons (Fsp3) is 0.386. The zero-order chi connectivity index (χ0) is 45.0. The summed E-state index contributed by atoms with van der Waals surface area (Å²) in [7, 11) is 0. The molecule has 0 aromatic heterocycles. The number of nitrogens with one attached hydrogen (secondary N) is 2. The van der Waals surface area contributed by atoms with Gasteiger partial charge in [0.15, 0.2) is 17.3 Å². The molecule has 8 rings (SSSR count). The first-order valence-corrected chi connectivity index (χ1v) is 23.5. The minimum absolute atomic E-state index is 0.00659. The van der Waals surface area contributed by atoms with Gasteiger partial charge in [-0.15, -0.1) is 0 Å². The lowest BCUT2D eigenvalue weighted by atomic mass is 9.50. The molecule has 64 heavy (non-hydrogen) atoms. The van der Waals surface area contributed by atoms with Gasteiger partial charge in [0.2, 0.25) is 0 Å². The number of rotatable bonds is 14. The van der Waals surface area contributed by atoms with Crippen LogP contribution in [0.15, 0.2) is 133 Å². The molecule has 6 atom stereocenters. The van der Waals surface area contributed by atoms with Gasteiger partial charge >= 0.3 is 0 Å². The molecule has 4 N–H and O–H groups in total. The van der Waals surface area contributed by atoms with E-state index in [1.807, 2.05) is 84.9 Å². The van der Waals surface area contributed by atoms with E-state index in [1.165, 1.54) is 0 Å². The summed E-state index contributed by atoms with van der Waals surface area (Å²) in [6.45, 7) is 10.8. The van der Waals surface area contributed by atoms with Crippen LogP contribution in [0.5, 0.6) is 0 Å². The summed E-state index contributed by atoms with van der Waals surface area (Å²) < 4.78 is 0. The SMILES string of the molecule is Cc1cccc(C)c1C1=CC(C2CCCNC2)C(CCO)(C(=O)C2(CCO)C=C(C(=O)c3ccccc3)C(c3c(C)cccc3C)=CC2C2CCCNC2)C=C1C(=O)c1ccccc1. The molecule has 6 unspecified atom stereocenters. The number of carbonyl (C=O) groups excluding carboxylic acids is 3. The fourth-order valence-corrected chi connectivity index (χ4v) is 11.9. The number of aliphatic hydroxyl groups excluding tert-OH is 2. The highest BCUT2D eigenvalue weighted by molar-refractivity contribution is 6.22. The van der Waals surface area contributed by atoms with Crippen molar-refractivity contribution in [3.05, 3.63) is 177 Å². The van der Waals surface area contributed by atoms with Crippen LogP contribution < -0.4 is 10.6 Å². The number of carbonyl (C=O) groups is 3. The maximum atomic E-state index is 17.2. The number of benzene rings is 4. The van der Waals surface area contributed by atoms with E-state index in [0.717, 1.165) is 83.3 Å². The molecule has 332 valence electrons. The molecule has 2 aliphatic carbocycles. The molecule has 2 aliphatic heterocycles. The van der Waals surface area contributed by atoms with Crippen LogP contribution in [0.3, 0.4) is 0 Å². The lowest BCUT2D eigenvalue weighted by molar-refractivity contribution is -0.142. The molecule has 0 amide bonds. The Morgan fingerprint density at radius 3 is 1.25 bits per heavy atom. The quantitative estimate of drug-likeness (QED) is 0.0935. The predicted octanol–water partition coefficient (Wildman–Crippen LogP) is 9.57. The van der Waals surface area contributed by atoms with Gasteiger partial charge in [-0.25, -0.2) is 0 Å². The van der Waals surface area contributed by atoms with Gasteiger partial charge < -0.3 is 20.8 Å².